The molecule has 0 saturated carbocycles. The molecule has 17 heavy (non-hydrogen) atoms. The van der Waals surface area contributed by atoms with Gasteiger partial charge in [-0.1, -0.05) is 30.3 Å². The van der Waals surface area contributed by atoms with E-state index in [9.17, 15) is 0 Å². The number of nitrogens with zero attached hydrogens (tertiary/aromatic N) is 2. The Kier molecular flexibility index (Phi) is 4.33. The molecule has 1 heterocycles. The first-order valence-electron chi connectivity index (χ1n) is 6.09. The molecule has 2 rings (SSSR count). The van der Waals surface area contributed by atoms with E-state index in [1.54, 1.807) is 0 Å². The molecule has 1 aromatic heterocycles. The van der Waals surface area contributed by atoms with Gasteiger partial charge in [0, 0.05) is 18.4 Å². The summed E-state index contributed by atoms with van der Waals surface area (Å²) in [4.78, 5) is 0. The van der Waals surface area contributed by atoms with Crippen molar-refractivity contribution < 1.29 is 0 Å². The molecule has 0 radical (unpaired) electrons. The zero-order valence-corrected chi connectivity index (χ0v) is 10.2. The van der Waals surface area contributed by atoms with Crippen LogP contribution in [0.5, 0.6) is 0 Å². The number of hydrogen-bond acceptors (Lipinski definition) is 2. The molecule has 0 saturated heterocycles. The zero-order chi connectivity index (χ0) is 11.9. The van der Waals surface area contributed by atoms with Crippen LogP contribution in [-0.2, 0) is 13.0 Å². The van der Waals surface area contributed by atoms with Crippen molar-refractivity contribution >= 4 is 0 Å². The van der Waals surface area contributed by atoms with E-state index in [1.807, 2.05) is 23.1 Å². The van der Waals surface area contributed by atoms with Crippen molar-refractivity contribution in [2.45, 2.75) is 25.9 Å². The summed E-state index contributed by atoms with van der Waals surface area (Å²) in [6.45, 7) is 4.11. The Morgan fingerprint density at radius 1 is 1.24 bits per heavy atom. The predicted molar refractivity (Wildman–Crippen MR) is 69.8 cm³/mol. The highest BCUT2D eigenvalue weighted by Gasteiger charge is 2.01. The van der Waals surface area contributed by atoms with Gasteiger partial charge in [0.05, 0.1) is 6.54 Å². The van der Waals surface area contributed by atoms with E-state index < -0.39 is 0 Å². The predicted octanol–water partition coefficient (Wildman–Crippen LogP) is 2.10. The third-order valence-electron chi connectivity index (χ3n) is 2.77. The second-order valence-corrected chi connectivity index (χ2v) is 4.32. The number of aromatic nitrogens is 2. The minimum atomic E-state index is 0.443. The minimum absolute atomic E-state index is 0.443. The summed E-state index contributed by atoms with van der Waals surface area (Å²) in [5, 5.41) is 7.71. The SMILES string of the molecule is CC(Cn1cccn1)NCCc1ccccc1. The average molecular weight is 229 g/mol. The van der Waals surface area contributed by atoms with E-state index >= 15 is 0 Å². The Hall–Kier alpha value is -1.61. The Balaban J connectivity index is 1.68. The molecule has 1 aromatic carbocycles. The molecule has 0 bridgehead atoms. The summed E-state index contributed by atoms with van der Waals surface area (Å²) in [5.41, 5.74) is 1.38. The highest BCUT2D eigenvalue weighted by molar-refractivity contribution is 5.14. The van der Waals surface area contributed by atoms with Crippen molar-refractivity contribution in [3.8, 4) is 0 Å². The van der Waals surface area contributed by atoms with Gasteiger partial charge in [-0.15, -0.1) is 0 Å². The molecule has 1 atom stereocenters. The lowest BCUT2D eigenvalue weighted by atomic mass is 10.1. The summed E-state index contributed by atoms with van der Waals surface area (Å²) in [6.07, 6.45) is 4.89. The highest BCUT2D eigenvalue weighted by atomic mass is 15.3. The first-order chi connectivity index (χ1) is 8.34. The van der Waals surface area contributed by atoms with Gasteiger partial charge in [-0.3, -0.25) is 4.68 Å². The molecule has 1 N–H and O–H groups in total. The van der Waals surface area contributed by atoms with Crippen LogP contribution in [0, 0.1) is 0 Å². The van der Waals surface area contributed by atoms with Crippen LogP contribution in [0.3, 0.4) is 0 Å². The molecule has 0 aliphatic rings. The third-order valence-corrected chi connectivity index (χ3v) is 2.77. The molecular formula is C14H19N3. The second kappa shape index (κ2) is 6.21. The van der Waals surface area contributed by atoms with Crippen LogP contribution in [0.2, 0.25) is 0 Å². The normalized spacial score (nSPS) is 12.5. The van der Waals surface area contributed by atoms with Gasteiger partial charge < -0.3 is 5.32 Å². The van der Waals surface area contributed by atoms with E-state index in [0.29, 0.717) is 6.04 Å². The Morgan fingerprint density at radius 2 is 2.06 bits per heavy atom. The monoisotopic (exact) mass is 229 g/mol. The number of nitrogens with one attached hydrogen (secondary N) is 1. The van der Waals surface area contributed by atoms with Gasteiger partial charge in [0.2, 0.25) is 0 Å². The van der Waals surface area contributed by atoms with Gasteiger partial charge in [-0.25, -0.2) is 0 Å². The molecule has 90 valence electrons. The van der Waals surface area contributed by atoms with E-state index in [0.717, 1.165) is 19.5 Å². The second-order valence-electron chi connectivity index (χ2n) is 4.32. The van der Waals surface area contributed by atoms with Gasteiger partial charge >= 0.3 is 0 Å². The minimum Gasteiger partial charge on any atom is -0.312 e. The van der Waals surface area contributed by atoms with Gasteiger partial charge in [-0.05, 0) is 31.5 Å². The average Bonchev–Trinajstić information content (AvgIpc) is 2.83. The third kappa shape index (κ3) is 4.04. The van der Waals surface area contributed by atoms with Crippen LogP contribution >= 0.6 is 0 Å². The summed E-state index contributed by atoms with van der Waals surface area (Å²) >= 11 is 0. The molecule has 0 aliphatic heterocycles. The summed E-state index contributed by atoms with van der Waals surface area (Å²) in [7, 11) is 0. The molecule has 0 amide bonds. The molecule has 0 fully saturated rings. The van der Waals surface area contributed by atoms with Crippen LogP contribution < -0.4 is 5.32 Å². The standard InChI is InChI=1S/C14H19N3/c1-13(12-17-11-5-9-16-17)15-10-8-14-6-3-2-4-7-14/h2-7,9,11,13,15H,8,10,12H2,1H3. The molecule has 0 spiro atoms. The van der Waals surface area contributed by atoms with Crippen molar-refractivity contribution in [2.75, 3.05) is 6.54 Å². The van der Waals surface area contributed by atoms with Gasteiger partial charge in [0.15, 0.2) is 0 Å². The molecule has 3 nitrogen and oxygen atoms in total. The van der Waals surface area contributed by atoms with E-state index in [4.69, 9.17) is 0 Å². The summed E-state index contributed by atoms with van der Waals surface area (Å²) < 4.78 is 1.96. The smallest absolute Gasteiger partial charge is 0.0559 e. The van der Waals surface area contributed by atoms with Crippen LogP contribution in [0.25, 0.3) is 0 Å². The number of hydrogen-bond donors (Lipinski definition) is 1. The lowest BCUT2D eigenvalue weighted by Gasteiger charge is -2.13. The van der Waals surface area contributed by atoms with Crippen LogP contribution in [0.4, 0.5) is 0 Å². The van der Waals surface area contributed by atoms with Crippen molar-refractivity contribution in [2.24, 2.45) is 0 Å². The van der Waals surface area contributed by atoms with Gasteiger partial charge in [0.25, 0.3) is 0 Å². The van der Waals surface area contributed by atoms with Crippen molar-refractivity contribution in [1.29, 1.82) is 0 Å². The van der Waals surface area contributed by atoms with E-state index in [2.05, 4.69) is 47.7 Å². The number of rotatable bonds is 6. The highest BCUT2D eigenvalue weighted by Crippen LogP contribution is 1.99. The van der Waals surface area contributed by atoms with Crippen molar-refractivity contribution in [3.05, 3.63) is 54.4 Å². The largest absolute Gasteiger partial charge is 0.312 e. The van der Waals surface area contributed by atoms with Crippen LogP contribution in [0.15, 0.2) is 48.8 Å². The van der Waals surface area contributed by atoms with Crippen LogP contribution in [0.1, 0.15) is 12.5 Å². The van der Waals surface area contributed by atoms with Gasteiger partial charge in [-0.2, -0.15) is 5.10 Å². The van der Waals surface area contributed by atoms with E-state index in [-0.39, 0.29) is 0 Å². The number of benzene rings is 1. The van der Waals surface area contributed by atoms with Crippen molar-refractivity contribution in [3.63, 3.8) is 0 Å². The Morgan fingerprint density at radius 3 is 2.76 bits per heavy atom. The maximum Gasteiger partial charge on any atom is 0.0559 e. The molecule has 0 aliphatic carbocycles. The fourth-order valence-corrected chi connectivity index (χ4v) is 1.86. The fourth-order valence-electron chi connectivity index (χ4n) is 1.86. The molecular weight excluding hydrogens is 210 g/mol. The summed E-state index contributed by atoms with van der Waals surface area (Å²) in [5.74, 6) is 0. The van der Waals surface area contributed by atoms with Gasteiger partial charge in [0.1, 0.15) is 0 Å². The maximum atomic E-state index is 4.20. The van der Waals surface area contributed by atoms with Crippen molar-refractivity contribution in [1.82, 2.24) is 15.1 Å². The van der Waals surface area contributed by atoms with E-state index in [1.165, 1.54) is 5.56 Å². The van der Waals surface area contributed by atoms with Crippen LogP contribution in [-0.4, -0.2) is 22.4 Å². The zero-order valence-electron chi connectivity index (χ0n) is 10.2. The topological polar surface area (TPSA) is 29.9 Å². The first kappa shape index (κ1) is 11.9. The molecule has 3 heteroatoms. The molecule has 2 aromatic rings. The first-order valence-corrected chi connectivity index (χ1v) is 6.09. The quantitative estimate of drug-likeness (QED) is 0.822. The lowest BCUT2D eigenvalue weighted by molar-refractivity contribution is 0.454. The lowest BCUT2D eigenvalue weighted by Crippen LogP contribution is -2.32. The fraction of sp³-hybridized carbons (Fsp3) is 0.357. The molecule has 1 unspecified atom stereocenters. The Bertz CT molecular complexity index is 408. The summed E-state index contributed by atoms with van der Waals surface area (Å²) in [6, 6.07) is 13.0. The maximum absolute atomic E-state index is 4.20. The Labute approximate surface area is 102 Å².